The molecule has 1 aliphatic rings. The Morgan fingerprint density at radius 1 is 1.28 bits per heavy atom. The Morgan fingerprint density at radius 3 is 2.68 bits per heavy atom. The van der Waals surface area contributed by atoms with Crippen LogP contribution in [0.1, 0.15) is 31.4 Å². The number of nitrogens with one attached hydrogen (secondary N) is 1. The van der Waals surface area contributed by atoms with Crippen LogP contribution >= 0.6 is 11.8 Å². The SMILES string of the molecule is O=C(O)CC1(NC(=O)CSCc2coc(-c3ccccc3)n2)CCC1. The molecule has 0 aliphatic heterocycles. The zero-order chi connectivity index (χ0) is 17.7. The van der Waals surface area contributed by atoms with E-state index in [9.17, 15) is 9.59 Å². The zero-order valence-electron chi connectivity index (χ0n) is 13.7. The highest BCUT2D eigenvalue weighted by atomic mass is 32.2. The van der Waals surface area contributed by atoms with Crippen LogP contribution in [-0.2, 0) is 15.3 Å². The van der Waals surface area contributed by atoms with Crippen LogP contribution in [0, 0.1) is 0 Å². The van der Waals surface area contributed by atoms with Gasteiger partial charge in [0, 0.05) is 11.3 Å². The van der Waals surface area contributed by atoms with Gasteiger partial charge in [-0.1, -0.05) is 18.2 Å². The summed E-state index contributed by atoms with van der Waals surface area (Å²) in [6.07, 6.45) is 4.03. The molecule has 1 fully saturated rings. The Kier molecular flexibility index (Phi) is 5.43. The molecule has 0 radical (unpaired) electrons. The van der Waals surface area contributed by atoms with Crippen molar-refractivity contribution >= 4 is 23.6 Å². The van der Waals surface area contributed by atoms with Crippen molar-refractivity contribution in [2.45, 2.75) is 37.0 Å². The van der Waals surface area contributed by atoms with Gasteiger partial charge in [0.2, 0.25) is 11.8 Å². The first-order chi connectivity index (χ1) is 12.1. The van der Waals surface area contributed by atoms with Crippen LogP contribution in [0.5, 0.6) is 0 Å². The molecule has 25 heavy (non-hydrogen) atoms. The van der Waals surface area contributed by atoms with Gasteiger partial charge in [0.25, 0.3) is 0 Å². The Labute approximate surface area is 150 Å². The van der Waals surface area contributed by atoms with E-state index in [0.717, 1.165) is 30.5 Å². The average molecular weight is 360 g/mol. The fraction of sp³-hybridized carbons (Fsp3) is 0.389. The number of carbonyl (C=O) groups is 2. The molecule has 1 saturated carbocycles. The summed E-state index contributed by atoms with van der Waals surface area (Å²) in [6.45, 7) is 0. The van der Waals surface area contributed by atoms with E-state index in [-0.39, 0.29) is 18.1 Å². The normalized spacial score (nSPS) is 15.4. The molecule has 0 atom stereocenters. The number of hydrogen-bond acceptors (Lipinski definition) is 5. The van der Waals surface area contributed by atoms with Crippen LogP contribution in [0.2, 0.25) is 0 Å². The summed E-state index contributed by atoms with van der Waals surface area (Å²) in [5.41, 5.74) is 1.15. The second-order valence-corrected chi connectivity index (χ2v) is 7.24. The molecule has 1 aromatic heterocycles. The van der Waals surface area contributed by atoms with Gasteiger partial charge in [-0.25, -0.2) is 4.98 Å². The summed E-state index contributed by atoms with van der Waals surface area (Å²) in [5.74, 6) is 0.405. The van der Waals surface area contributed by atoms with Gasteiger partial charge < -0.3 is 14.8 Å². The average Bonchev–Trinajstić information content (AvgIpc) is 3.02. The van der Waals surface area contributed by atoms with Gasteiger partial charge in [-0.05, 0) is 31.4 Å². The lowest BCUT2D eigenvalue weighted by molar-refractivity contribution is -0.140. The lowest BCUT2D eigenvalue weighted by Gasteiger charge is -2.41. The minimum Gasteiger partial charge on any atom is -0.481 e. The number of oxazole rings is 1. The smallest absolute Gasteiger partial charge is 0.305 e. The number of aromatic nitrogens is 1. The van der Waals surface area contributed by atoms with E-state index in [1.807, 2.05) is 30.3 Å². The minimum atomic E-state index is -0.872. The number of carboxylic acids is 1. The summed E-state index contributed by atoms with van der Waals surface area (Å²) in [4.78, 5) is 27.4. The molecule has 0 spiro atoms. The van der Waals surface area contributed by atoms with Crippen molar-refractivity contribution in [2.24, 2.45) is 0 Å². The largest absolute Gasteiger partial charge is 0.481 e. The molecule has 2 N–H and O–H groups in total. The number of carboxylic acid groups (broad SMARTS) is 1. The number of benzene rings is 1. The highest BCUT2D eigenvalue weighted by Gasteiger charge is 2.40. The first-order valence-electron chi connectivity index (χ1n) is 8.17. The van der Waals surface area contributed by atoms with Gasteiger partial charge in [-0.3, -0.25) is 9.59 Å². The predicted octanol–water partition coefficient (Wildman–Crippen LogP) is 3.09. The van der Waals surface area contributed by atoms with Gasteiger partial charge >= 0.3 is 5.97 Å². The Hall–Kier alpha value is -2.28. The van der Waals surface area contributed by atoms with E-state index in [0.29, 0.717) is 11.6 Å². The molecule has 0 bridgehead atoms. The predicted molar refractivity (Wildman–Crippen MR) is 95.1 cm³/mol. The standard InChI is InChI=1S/C18H20N2O4S/c21-15(20-18(7-4-8-18)9-16(22)23)12-25-11-14-10-24-17(19-14)13-5-2-1-3-6-13/h1-3,5-6,10H,4,7-9,11-12H2,(H,20,21)(H,22,23). The number of aliphatic carboxylic acids is 1. The fourth-order valence-electron chi connectivity index (χ4n) is 2.91. The molecule has 6 nitrogen and oxygen atoms in total. The second-order valence-electron chi connectivity index (χ2n) is 6.26. The maximum absolute atomic E-state index is 12.1. The van der Waals surface area contributed by atoms with Crippen molar-refractivity contribution in [1.29, 1.82) is 0 Å². The Bertz CT molecular complexity index is 741. The number of carbonyl (C=O) groups excluding carboxylic acids is 1. The van der Waals surface area contributed by atoms with Gasteiger partial charge in [-0.15, -0.1) is 11.8 Å². The second kappa shape index (κ2) is 7.74. The molecule has 0 saturated heterocycles. The molecule has 1 amide bonds. The van der Waals surface area contributed by atoms with Gasteiger partial charge in [0.05, 0.1) is 23.4 Å². The summed E-state index contributed by atoms with van der Waals surface area (Å²) < 4.78 is 5.47. The van der Waals surface area contributed by atoms with Gasteiger partial charge in [-0.2, -0.15) is 0 Å². The Balaban J connectivity index is 1.46. The van der Waals surface area contributed by atoms with Crippen LogP contribution < -0.4 is 5.32 Å². The summed E-state index contributed by atoms with van der Waals surface area (Å²) in [6, 6.07) is 9.63. The van der Waals surface area contributed by atoms with Crippen molar-refractivity contribution in [2.75, 3.05) is 5.75 Å². The number of amides is 1. The third-order valence-corrected chi connectivity index (χ3v) is 5.23. The first-order valence-corrected chi connectivity index (χ1v) is 9.32. The van der Waals surface area contributed by atoms with Crippen molar-refractivity contribution < 1.29 is 19.1 Å². The maximum Gasteiger partial charge on any atom is 0.305 e. The van der Waals surface area contributed by atoms with Crippen molar-refractivity contribution in [3.05, 3.63) is 42.3 Å². The fourth-order valence-corrected chi connectivity index (χ4v) is 3.61. The van der Waals surface area contributed by atoms with Crippen LogP contribution in [0.4, 0.5) is 0 Å². The van der Waals surface area contributed by atoms with Gasteiger partial charge in [0.1, 0.15) is 6.26 Å². The van der Waals surface area contributed by atoms with Crippen molar-refractivity contribution in [3.63, 3.8) is 0 Å². The number of hydrogen-bond donors (Lipinski definition) is 2. The molecule has 3 rings (SSSR count). The van der Waals surface area contributed by atoms with E-state index < -0.39 is 11.5 Å². The van der Waals surface area contributed by atoms with E-state index >= 15 is 0 Å². The Morgan fingerprint density at radius 2 is 2.04 bits per heavy atom. The van der Waals surface area contributed by atoms with Crippen LogP contribution in [0.3, 0.4) is 0 Å². The van der Waals surface area contributed by atoms with Crippen molar-refractivity contribution in [1.82, 2.24) is 10.3 Å². The molecule has 132 valence electrons. The van der Waals surface area contributed by atoms with Crippen LogP contribution in [-0.4, -0.2) is 33.3 Å². The van der Waals surface area contributed by atoms with Gasteiger partial charge in [0.15, 0.2) is 0 Å². The molecular weight excluding hydrogens is 340 g/mol. The number of rotatable bonds is 8. The molecule has 0 unspecified atom stereocenters. The number of nitrogens with zero attached hydrogens (tertiary/aromatic N) is 1. The molecule has 2 aromatic rings. The van der Waals surface area contributed by atoms with Crippen LogP contribution in [0.15, 0.2) is 41.0 Å². The van der Waals surface area contributed by atoms with E-state index in [4.69, 9.17) is 9.52 Å². The maximum atomic E-state index is 12.1. The lowest BCUT2D eigenvalue weighted by atomic mass is 9.74. The summed E-state index contributed by atoms with van der Waals surface area (Å²) >= 11 is 1.44. The van der Waals surface area contributed by atoms with E-state index in [1.165, 1.54) is 11.8 Å². The minimum absolute atomic E-state index is 0.00682. The first kappa shape index (κ1) is 17.5. The quantitative estimate of drug-likeness (QED) is 0.751. The monoisotopic (exact) mass is 360 g/mol. The lowest BCUT2D eigenvalue weighted by Crippen LogP contribution is -2.55. The van der Waals surface area contributed by atoms with E-state index in [1.54, 1.807) is 6.26 Å². The topological polar surface area (TPSA) is 92.4 Å². The van der Waals surface area contributed by atoms with Crippen molar-refractivity contribution in [3.8, 4) is 11.5 Å². The summed E-state index contributed by atoms with van der Waals surface area (Å²) in [7, 11) is 0. The molecule has 1 heterocycles. The highest BCUT2D eigenvalue weighted by molar-refractivity contribution is 7.99. The van der Waals surface area contributed by atoms with E-state index in [2.05, 4.69) is 10.3 Å². The zero-order valence-corrected chi connectivity index (χ0v) is 14.6. The highest BCUT2D eigenvalue weighted by Crippen LogP contribution is 2.35. The molecule has 7 heteroatoms. The third-order valence-electron chi connectivity index (χ3n) is 4.26. The van der Waals surface area contributed by atoms with Crippen LogP contribution in [0.25, 0.3) is 11.5 Å². The molecule has 1 aromatic carbocycles. The molecular formula is C18H20N2O4S. The molecule has 1 aliphatic carbocycles. The third kappa shape index (κ3) is 4.63. The summed E-state index contributed by atoms with van der Waals surface area (Å²) in [5, 5.41) is 11.9. The number of thioether (sulfide) groups is 1.